The number of nitrogens with zero attached hydrogens (tertiary/aromatic N) is 1. The van der Waals surface area contributed by atoms with Crippen LogP contribution in [0.2, 0.25) is 0 Å². The van der Waals surface area contributed by atoms with E-state index in [1.807, 2.05) is 6.20 Å². The predicted molar refractivity (Wildman–Crippen MR) is 85.7 cm³/mol. The van der Waals surface area contributed by atoms with Crippen molar-refractivity contribution in [2.75, 3.05) is 0 Å². The number of carbonyl (C=O) groups is 1. The van der Waals surface area contributed by atoms with Crippen LogP contribution in [0.1, 0.15) is 56.1 Å². The van der Waals surface area contributed by atoms with Crippen LogP contribution in [-0.4, -0.2) is 16.0 Å². The van der Waals surface area contributed by atoms with Crippen molar-refractivity contribution in [2.45, 2.75) is 51.4 Å². The molecule has 3 aliphatic rings. The molecule has 4 atom stereocenters. The molecule has 1 N–H and O–H groups in total. The lowest BCUT2D eigenvalue weighted by Crippen LogP contribution is -2.42. The van der Waals surface area contributed by atoms with Crippen molar-refractivity contribution in [3.63, 3.8) is 0 Å². The summed E-state index contributed by atoms with van der Waals surface area (Å²) in [5, 5.41) is 8.63. The van der Waals surface area contributed by atoms with E-state index in [-0.39, 0.29) is 5.41 Å². The van der Waals surface area contributed by atoms with Gasteiger partial charge in [-0.15, -0.1) is 0 Å². The van der Waals surface area contributed by atoms with Crippen LogP contribution in [0.3, 0.4) is 0 Å². The van der Waals surface area contributed by atoms with Gasteiger partial charge in [0.05, 0.1) is 11.7 Å². The van der Waals surface area contributed by atoms with Crippen molar-refractivity contribution in [1.82, 2.24) is 10.2 Å². The molecule has 22 heavy (non-hydrogen) atoms. The Kier molecular flexibility index (Phi) is 2.46. The average Bonchev–Trinajstić information content (AvgIpc) is 3.12. The molecule has 0 radical (unpaired) electrons. The Morgan fingerprint density at radius 3 is 3.05 bits per heavy atom. The van der Waals surface area contributed by atoms with Gasteiger partial charge >= 0.3 is 0 Å². The minimum Gasteiger partial charge on any atom is -0.299 e. The summed E-state index contributed by atoms with van der Waals surface area (Å²) in [4.78, 5) is 12.4. The summed E-state index contributed by atoms with van der Waals surface area (Å²) in [7, 11) is 0. The molecule has 3 unspecified atom stereocenters. The van der Waals surface area contributed by atoms with Gasteiger partial charge in [0.15, 0.2) is 0 Å². The fourth-order valence-electron chi connectivity index (χ4n) is 5.88. The Morgan fingerprint density at radius 2 is 2.14 bits per heavy atom. The van der Waals surface area contributed by atoms with E-state index in [4.69, 9.17) is 0 Å². The van der Waals surface area contributed by atoms with Crippen LogP contribution in [0, 0.1) is 17.3 Å². The second kappa shape index (κ2) is 4.21. The van der Waals surface area contributed by atoms with E-state index in [0.717, 1.165) is 31.2 Å². The summed E-state index contributed by atoms with van der Waals surface area (Å²) >= 11 is 0. The summed E-state index contributed by atoms with van der Waals surface area (Å²) < 4.78 is 0. The molecular weight excluding hydrogens is 272 g/mol. The van der Waals surface area contributed by atoms with Crippen molar-refractivity contribution < 1.29 is 4.79 Å². The first-order valence-electron chi connectivity index (χ1n) is 8.66. The number of ketones is 1. The molecule has 1 heterocycles. The zero-order chi connectivity index (χ0) is 14.9. The maximum absolute atomic E-state index is 12.4. The maximum Gasteiger partial charge on any atom is 0.139 e. The van der Waals surface area contributed by atoms with Crippen molar-refractivity contribution in [3.05, 3.63) is 29.5 Å². The highest BCUT2D eigenvalue weighted by atomic mass is 16.1. The summed E-state index contributed by atoms with van der Waals surface area (Å²) in [6.07, 6.45) is 8.59. The quantitative estimate of drug-likeness (QED) is 0.798. The molecular formula is C19H22N2O. The summed E-state index contributed by atoms with van der Waals surface area (Å²) in [6, 6.07) is 4.52. The molecule has 0 bridgehead atoms. The Balaban J connectivity index is 1.61. The lowest BCUT2D eigenvalue weighted by Gasteiger charge is -2.48. The van der Waals surface area contributed by atoms with Gasteiger partial charge in [0.2, 0.25) is 0 Å². The minimum absolute atomic E-state index is 0.0155. The molecule has 0 aliphatic heterocycles. The Morgan fingerprint density at radius 1 is 1.23 bits per heavy atom. The second-order valence-corrected chi connectivity index (χ2v) is 7.80. The van der Waals surface area contributed by atoms with Gasteiger partial charge in [0, 0.05) is 17.2 Å². The van der Waals surface area contributed by atoms with E-state index in [1.54, 1.807) is 5.56 Å². The van der Waals surface area contributed by atoms with Gasteiger partial charge in [-0.2, -0.15) is 5.10 Å². The summed E-state index contributed by atoms with van der Waals surface area (Å²) in [5.41, 5.74) is 4.21. The number of nitrogens with one attached hydrogen (secondary N) is 1. The van der Waals surface area contributed by atoms with Gasteiger partial charge in [-0.1, -0.05) is 13.0 Å². The summed E-state index contributed by atoms with van der Waals surface area (Å²) in [6.45, 7) is 2.25. The first-order valence-corrected chi connectivity index (χ1v) is 8.66. The van der Waals surface area contributed by atoms with Crippen molar-refractivity contribution in [1.29, 1.82) is 0 Å². The third kappa shape index (κ3) is 1.47. The molecule has 0 amide bonds. The number of hydrogen-bond donors (Lipinski definition) is 1. The normalized spacial score (nSPS) is 37.0. The van der Waals surface area contributed by atoms with Crippen LogP contribution in [0.15, 0.2) is 18.3 Å². The average molecular weight is 294 g/mol. The molecule has 1 aromatic heterocycles. The Bertz CT molecular complexity index is 777. The van der Waals surface area contributed by atoms with Crippen LogP contribution >= 0.6 is 0 Å². The molecule has 3 aliphatic carbocycles. The first kappa shape index (κ1) is 12.9. The fourth-order valence-corrected chi connectivity index (χ4v) is 5.88. The van der Waals surface area contributed by atoms with Crippen LogP contribution in [0.25, 0.3) is 10.9 Å². The number of H-pyrrole nitrogens is 1. The molecule has 3 heteroatoms. The van der Waals surface area contributed by atoms with Crippen molar-refractivity contribution in [3.8, 4) is 0 Å². The van der Waals surface area contributed by atoms with Crippen molar-refractivity contribution >= 4 is 16.7 Å². The predicted octanol–water partition coefficient (Wildman–Crippen LogP) is 3.99. The number of aromatic amines is 1. The number of rotatable bonds is 0. The molecule has 0 saturated heterocycles. The fraction of sp³-hybridized carbons (Fsp3) is 0.579. The smallest absolute Gasteiger partial charge is 0.139 e. The standard InChI is InChI=1S/C19H22N2O/c1-19-9-8-13-11-4-6-17-15(10-20-21-17)12(11)2-3-14(13)16(19)5-7-18(19)22/h4,6,10,13-14,16H,2-3,5,7-9H2,1H3,(H,20,21)/t13?,14?,16?,19-/m0/s1. The van der Waals surface area contributed by atoms with Gasteiger partial charge in [-0.3, -0.25) is 9.89 Å². The van der Waals surface area contributed by atoms with Crippen LogP contribution in [-0.2, 0) is 11.2 Å². The highest BCUT2D eigenvalue weighted by Crippen LogP contribution is 2.59. The zero-order valence-corrected chi connectivity index (χ0v) is 13.1. The maximum atomic E-state index is 12.4. The number of carbonyl (C=O) groups excluding carboxylic acids is 1. The van der Waals surface area contributed by atoms with Gasteiger partial charge in [0.1, 0.15) is 5.78 Å². The van der Waals surface area contributed by atoms with E-state index in [0.29, 0.717) is 23.5 Å². The molecule has 2 saturated carbocycles. The van der Waals surface area contributed by atoms with E-state index in [1.165, 1.54) is 23.8 Å². The lowest BCUT2D eigenvalue weighted by atomic mass is 9.55. The Labute approximate surface area is 130 Å². The number of benzene rings is 1. The molecule has 1 aromatic carbocycles. The molecule has 3 nitrogen and oxygen atoms in total. The third-order valence-corrected chi connectivity index (χ3v) is 7.05. The van der Waals surface area contributed by atoms with Gasteiger partial charge in [0.25, 0.3) is 0 Å². The SMILES string of the molecule is C[C@]12CCC3c4ccc5[nH]ncc5c4CCC3C1CCC2=O. The lowest BCUT2D eigenvalue weighted by molar-refractivity contribution is -0.129. The van der Waals surface area contributed by atoms with Gasteiger partial charge < -0.3 is 0 Å². The number of Topliss-reactive ketones (excluding diaryl/α,β-unsaturated/α-hetero) is 1. The van der Waals surface area contributed by atoms with Crippen LogP contribution in [0.5, 0.6) is 0 Å². The third-order valence-electron chi connectivity index (χ3n) is 7.05. The van der Waals surface area contributed by atoms with Crippen molar-refractivity contribution in [2.24, 2.45) is 17.3 Å². The number of fused-ring (bicyclic) bond motifs is 7. The summed E-state index contributed by atoms with van der Waals surface area (Å²) in [5.74, 6) is 2.52. The Hall–Kier alpha value is -1.64. The monoisotopic (exact) mass is 294 g/mol. The highest BCUT2D eigenvalue weighted by molar-refractivity contribution is 5.87. The van der Waals surface area contributed by atoms with Gasteiger partial charge in [-0.25, -0.2) is 0 Å². The topological polar surface area (TPSA) is 45.8 Å². The largest absolute Gasteiger partial charge is 0.299 e. The molecule has 2 aromatic rings. The number of aryl methyl sites for hydroxylation is 1. The van der Waals surface area contributed by atoms with Crippen LogP contribution < -0.4 is 0 Å². The minimum atomic E-state index is -0.0155. The highest BCUT2D eigenvalue weighted by Gasteiger charge is 2.54. The molecule has 2 fully saturated rings. The zero-order valence-electron chi connectivity index (χ0n) is 13.1. The molecule has 0 spiro atoms. The number of hydrogen-bond acceptors (Lipinski definition) is 2. The van der Waals surface area contributed by atoms with E-state index < -0.39 is 0 Å². The molecule has 5 rings (SSSR count). The van der Waals surface area contributed by atoms with Gasteiger partial charge in [-0.05, 0) is 67.1 Å². The second-order valence-electron chi connectivity index (χ2n) is 7.80. The molecule has 114 valence electrons. The first-order chi connectivity index (χ1) is 10.7. The van der Waals surface area contributed by atoms with E-state index >= 15 is 0 Å². The van der Waals surface area contributed by atoms with E-state index in [2.05, 4.69) is 29.3 Å². The van der Waals surface area contributed by atoms with E-state index in [9.17, 15) is 4.79 Å². The number of aromatic nitrogens is 2. The van der Waals surface area contributed by atoms with Crippen LogP contribution in [0.4, 0.5) is 0 Å².